The maximum absolute atomic E-state index is 12.9. The Morgan fingerprint density at radius 3 is 2.48 bits per heavy atom. The van der Waals surface area contributed by atoms with Crippen molar-refractivity contribution in [3.63, 3.8) is 0 Å². The van der Waals surface area contributed by atoms with E-state index in [1.54, 1.807) is 6.92 Å². The lowest BCUT2D eigenvalue weighted by Gasteiger charge is -2.16. The van der Waals surface area contributed by atoms with Crippen LogP contribution < -0.4 is 11.1 Å². The minimum Gasteiger partial charge on any atom is -0.334 e. The van der Waals surface area contributed by atoms with Crippen molar-refractivity contribution in [2.75, 3.05) is 14.1 Å². The first-order valence-electron chi connectivity index (χ1n) is 9.29. The molecule has 10 nitrogen and oxygen atoms in total. The van der Waals surface area contributed by atoms with Crippen molar-refractivity contribution >= 4 is 32.4 Å². The predicted molar refractivity (Wildman–Crippen MR) is 116 cm³/mol. The van der Waals surface area contributed by atoms with Crippen LogP contribution in [0.25, 0.3) is 22.5 Å². The van der Waals surface area contributed by atoms with Gasteiger partial charge in [0, 0.05) is 26.0 Å². The molecule has 3 heterocycles. The highest BCUT2D eigenvalue weighted by Crippen LogP contribution is 2.22. The first-order chi connectivity index (χ1) is 14.7. The highest BCUT2D eigenvalue weighted by Gasteiger charge is 2.21. The van der Waals surface area contributed by atoms with Crippen LogP contribution in [0.15, 0.2) is 54.0 Å². The van der Waals surface area contributed by atoms with Gasteiger partial charge in [-0.3, -0.25) is 14.2 Å². The summed E-state index contributed by atoms with van der Waals surface area (Å²) in [5.74, 6) is 0.491. The molecular formula is C19H19N5O5S2. The van der Waals surface area contributed by atoms with E-state index in [2.05, 4.69) is 10.1 Å². The summed E-state index contributed by atoms with van der Waals surface area (Å²) in [5, 5.41) is 7.63. The Hall–Kier alpha value is -3.09. The lowest BCUT2D eigenvalue weighted by molar-refractivity contribution is 0.420. The van der Waals surface area contributed by atoms with E-state index in [1.165, 1.54) is 52.8 Å². The van der Waals surface area contributed by atoms with Crippen LogP contribution in [0, 0.1) is 0 Å². The fourth-order valence-corrected chi connectivity index (χ4v) is 4.75. The van der Waals surface area contributed by atoms with Crippen LogP contribution in [-0.2, 0) is 23.1 Å². The van der Waals surface area contributed by atoms with E-state index in [0.29, 0.717) is 11.4 Å². The van der Waals surface area contributed by atoms with Crippen molar-refractivity contribution in [1.29, 1.82) is 0 Å². The number of benzene rings is 1. The number of nitrogens with zero attached hydrogens (tertiary/aromatic N) is 5. The molecule has 0 spiro atoms. The first-order valence-corrected chi connectivity index (χ1v) is 11.7. The normalized spacial score (nSPS) is 12.1. The minimum absolute atomic E-state index is 0.00604. The third-order valence-electron chi connectivity index (χ3n) is 4.83. The summed E-state index contributed by atoms with van der Waals surface area (Å²) in [6.07, 6.45) is 0. The monoisotopic (exact) mass is 461 g/mol. The molecule has 12 heteroatoms. The van der Waals surface area contributed by atoms with E-state index < -0.39 is 21.1 Å². The molecule has 31 heavy (non-hydrogen) atoms. The van der Waals surface area contributed by atoms with Crippen LogP contribution >= 0.6 is 11.3 Å². The van der Waals surface area contributed by atoms with Gasteiger partial charge in [0.25, 0.3) is 5.89 Å². The SMILES string of the molecule is CCn1c(=O)c(=O)n(Cc2noc(-c3ccsc3)n2)c2cc(S(=O)(=O)N(C)C)ccc21. The van der Waals surface area contributed by atoms with Gasteiger partial charge in [-0.1, -0.05) is 5.16 Å². The summed E-state index contributed by atoms with van der Waals surface area (Å²) in [7, 11) is -0.901. The van der Waals surface area contributed by atoms with Crippen LogP contribution in [0.4, 0.5) is 0 Å². The Kier molecular flexibility index (Phi) is 5.37. The highest BCUT2D eigenvalue weighted by molar-refractivity contribution is 7.89. The standard InChI is InChI=1S/C19H19N5O5S2/c1-4-23-14-6-5-13(31(27,28)22(2)3)9-15(14)24(19(26)18(23)25)10-16-20-17(29-21-16)12-7-8-30-11-12/h5-9,11H,4,10H2,1-3H3. The first kappa shape index (κ1) is 21.2. The lowest BCUT2D eigenvalue weighted by Crippen LogP contribution is -2.41. The van der Waals surface area contributed by atoms with Gasteiger partial charge in [-0.25, -0.2) is 12.7 Å². The molecule has 162 valence electrons. The summed E-state index contributed by atoms with van der Waals surface area (Å²) in [6.45, 7) is 1.85. The molecule has 0 aliphatic rings. The smallest absolute Gasteiger partial charge is 0.317 e. The van der Waals surface area contributed by atoms with Crippen molar-refractivity contribution in [1.82, 2.24) is 23.6 Å². The number of fused-ring (bicyclic) bond motifs is 1. The summed E-state index contributed by atoms with van der Waals surface area (Å²) in [4.78, 5) is 29.8. The molecule has 0 saturated carbocycles. The Balaban J connectivity index is 1.92. The van der Waals surface area contributed by atoms with Gasteiger partial charge in [0.1, 0.15) is 0 Å². The molecule has 0 fully saturated rings. The zero-order chi connectivity index (χ0) is 22.3. The van der Waals surface area contributed by atoms with Gasteiger partial charge in [-0.2, -0.15) is 16.3 Å². The molecule has 0 radical (unpaired) electrons. The maximum Gasteiger partial charge on any atom is 0.317 e. The maximum atomic E-state index is 12.9. The molecule has 0 N–H and O–H groups in total. The molecule has 0 saturated heterocycles. The summed E-state index contributed by atoms with van der Waals surface area (Å²) in [5.41, 5.74) is -0.0280. The average Bonchev–Trinajstić information content (AvgIpc) is 3.43. The van der Waals surface area contributed by atoms with E-state index >= 15 is 0 Å². The van der Waals surface area contributed by atoms with Gasteiger partial charge in [0.15, 0.2) is 5.82 Å². The van der Waals surface area contributed by atoms with Gasteiger partial charge < -0.3 is 9.09 Å². The number of thiophene rings is 1. The van der Waals surface area contributed by atoms with Crippen molar-refractivity contribution in [3.05, 3.63) is 61.6 Å². The van der Waals surface area contributed by atoms with Crippen molar-refractivity contribution in [2.24, 2.45) is 0 Å². The highest BCUT2D eigenvalue weighted by atomic mass is 32.2. The summed E-state index contributed by atoms with van der Waals surface area (Å²) >= 11 is 1.48. The third kappa shape index (κ3) is 3.62. The second-order valence-electron chi connectivity index (χ2n) is 6.91. The van der Waals surface area contributed by atoms with Gasteiger partial charge >= 0.3 is 11.1 Å². The van der Waals surface area contributed by atoms with E-state index in [4.69, 9.17) is 4.52 Å². The number of aromatic nitrogens is 4. The second-order valence-corrected chi connectivity index (χ2v) is 9.84. The number of sulfonamides is 1. The Morgan fingerprint density at radius 2 is 1.84 bits per heavy atom. The van der Waals surface area contributed by atoms with Crippen LogP contribution in [0.5, 0.6) is 0 Å². The van der Waals surface area contributed by atoms with Gasteiger partial charge in [0.05, 0.1) is 28.0 Å². The molecule has 0 aliphatic carbocycles. The molecular weight excluding hydrogens is 442 g/mol. The largest absolute Gasteiger partial charge is 0.334 e. The number of hydrogen-bond acceptors (Lipinski definition) is 8. The zero-order valence-electron chi connectivity index (χ0n) is 17.0. The summed E-state index contributed by atoms with van der Waals surface area (Å²) in [6, 6.07) is 6.16. The van der Waals surface area contributed by atoms with Crippen LogP contribution in [0.3, 0.4) is 0 Å². The van der Waals surface area contributed by atoms with Gasteiger partial charge in [0.2, 0.25) is 10.0 Å². The topological polar surface area (TPSA) is 120 Å². The molecule has 4 rings (SSSR count). The molecule has 0 bridgehead atoms. The Labute approximate surface area is 181 Å². The van der Waals surface area contributed by atoms with Crippen molar-refractivity contribution in [3.8, 4) is 11.5 Å². The van der Waals surface area contributed by atoms with E-state index in [0.717, 1.165) is 9.87 Å². The number of aryl methyl sites for hydroxylation is 1. The average molecular weight is 462 g/mol. The zero-order valence-corrected chi connectivity index (χ0v) is 18.6. The molecule has 0 unspecified atom stereocenters. The van der Waals surface area contributed by atoms with E-state index in [9.17, 15) is 18.0 Å². The molecule has 4 aromatic rings. The predicted octanol–water partition coefficient (Wildman–Crippen LogP) is 1.59. The molecule has 0 amide bonds. The van der Waals surface area contributed by atoms with Gasteiger partial charge in [-0.15, -0.1) is 0 Å². The minimum atomic E-state index is -3.74. The fourth-order valence-electron chi connectivity index (χ4n) is 3.20. The molecule has 1 aromatic carbocycles. The fraction of sp³-hybridized carbons (Fsp3) is 0.263. The quantitative estimate of drug-likeness (QED) is 0.400. The molecule has 3 aromatic heterocycles. The number of rotatable bonds is 6. The van der Waals surface area contributed by atoms with E-state index in [-0.39, 0.29) is 29.3 Å². The van der Waals surface area contributed by atoms with Crippen molar-refractivity contribution < 1.29 is 12.9 Å². The Bertz CT molecular complexity index is 1480. The molecule has 0 atom stereocenters. The summed E-state index contributed by atoms with van der Waals surface area (Å²) < 4.78 is 34.1. The third-order valence-corrected chi connectivity index (χ3v) is 7.33. The Morgan fingerprint density at radius 1 is 1.10 bits per heavy atom. The lowest BCUT2D eigenvalue weighted by atomic mass is 10.2. The molecule has 0 aliphatic heterocycles. The van der Waals surface area contributed by atoms with Crippen molar-refractivity contribution in [2.45, 2.75) is 24.9 Å². The second kappa shape index (κ2) is 7.87. The number of hydrogen-bond donors (Lipinski definition) is 0. The van der Waals surface area contributed by atoms with Gasteiger partial charge in [-0.05, 0) is 36.6 Å². The van der Waals surface area contributed by atoms with E-state index in [1.807, 2.05) is 16.8 Å². The van der Waals surface area contributed by atoms with Crippen LogP contribution in [0.2, 0.25) is 0 Å². The van der Waals surface area contributed by atoms with Crippen LogP contribution in [-0.4, -0.2) is 46.1 Å². The van der Waals surface area contributed by atoms with Crippen LogP contribution in [0.1, 0.15) is 12.7 Å².